The summed E-state index contributed by atoms with van der Waals surface area (Å²) < 4.78 is 38.0. The van der Waals surface area contributed by atoms with Gasteiger partial charge in [0.1, 0.15) is 10.8 Å². The van der Waals surface area contributed by atoms with Crippen LogP contribution in [0.3, 0.4) is 0 Å². The predicted octanol–water partition coefficient (Wildman–Crippen LogP) is 4.02. The summed E-state index contributed by atoms with van der Waals surface area (Å²) in [7, 11) is 0. The van der Waals surface area contributed by atoms with Crippen LogP contribution in [0.15, 0.2) is 24.0 Å². The molecule has 3 rings (SSSR count). The van der Waals surface area contributed by atoms with Gasteiger partial charge in [-0.15, -0.1) is 11.3 Å². The number of fused-ring (bicyclic) bond motifs is 1. The van der Waals surface area contributed by atoms with Crippen LogP contribution in [0.2, 0.25) is 0 Å². The fourth-order valence-electron chi connectivity index (χ4n) is 3.25. The first kappa shape index (κ1) is 19.5. The summed E-state index contributed by atoms with van der Waals surface area (Å²) in [5, 5.41) is 14.1. The number of thiophene rings is 1. The van der Waals surface area contributed by atoms with Crippen molar-refractivity contribution in [3.8, 4) is 0 Å². The lowest BCUT2D eigenvalue weighted by atomic mass is 10.0. The number of nitrogens with one attached hydrogen (secondary N) is 2. The summed E-state index contributed by atoms with van der Waals surface area (Å²) in [6.07, 6.45) is 4.08. The van der Waals surface area contributed by atoms with Crippen molar-refractivity contribution in [2.45, 2.75) is 50.7 Å². The number of hydrogen-bond acceptors (Lipinski definition) is 4. The van der Waals surface area contributed by atoms with E-state index in [2.05, 4.69) is 5.32 Å². The molecule has 0 aromatic carbocycles. The summed E-state index contributed by atoms with van der Waals surface area (Å²) in [4.78, 5) is 25.1. The number of aliphatic hydroxyl groups is 1. The second-order valence-electron chi connectivity index (χ2n) is 6.53. The van der Waals surface area contributed by atoms with Crippen molar-refractivity contribution in [2.75, 3.05) is 5.32 Å². The van der Waals surface area contributed by atoms with Crippen LogP contribution in [-0.4, -0.2) is 29.1 Å². The minimum absolute atomic E-state index is 0.0151. The van der Waals surface area contributed by atoms with Gasteiger partial charge in [-0.2, -0.15) is 13.2 Å². The zero-order valence-electron chi connectivity index (χ0n) is 14.4. The molecule has 1 aromatic heterocycles. The van der Waals surface area contributed by atoms with E-state index in [-0.39, 0.29) is 16.3 Å². The number of carbonyl (C=O) groups excluding carboxylic acids is 2. The van der Waals surface area contributed by atoms with Crippen LogP contribution in [0.1, 0.15) is 46.5 Å². The van der Waals surface area contributed by atoms with Gasteiger partial charge < -0.3 is 15.7 Å². The Bertz CT molecular complexity index is 812. The summed E-state index contributed by atoms with van der Waals surface area (Å²) >= 11 is 1.04. The Morgan fingerprint density at radius 2 is 1.93 bits per heavy atom. The summed E-state index contributed by atoms with van der Waals surface area (Å²) in [6, 6.07) is -0.463. The molecule has 146 valence electrons. The number of halogens is 3. The summed E-state index contributed by atoms with van der Waals surface area (Å²) in [5.74, 6) is -2.62. The van der Waals surface area contributed by atoms with Crippen molar-refractivity contribution in [3.63, 3.8) is 0 Å². The third-order valence-electron chi connectivity index (χ3n) is 4.50. The van der Waals surface area contributed by atoms with Gasteiger partial charge in [0, 0.05) is 4.88 Å². The second-order valence-corrected chi connectivity index (χ2v) is 7.64. The van der Waals surface area contributed by atoms with Gasteiger partial charge in [-0.25, -0.2) is 0 Å². The minimum atomic E-state index is -5.03. The van der Waals surface area contributed by atoms with Gasteiger partial charge in [0.25, 0.3) is 5.91 Å². The standard InChI is InChI=1S/C18H19F3N2O3S/c19-18(20,21)17(26)23-16-14(12-7-2-1-3-8-13(12)27-16)15(25)22-10-5-4-6-11(24)9-10/h4,6,9-10,24H,1-3,5,7-8H2,(H,22,25)(H,23,26). The van der Waals surface area contributed by atoms with Crippen LogP contribution in [0.5, 0.6) is 0 Å². The number of carbonyl (C=O) groups is 2. The summed E-state index contributed by atoms with van der Waals surface area (Å²) in [5.41, 5.74) is 0.823. The molecule has 1 heterocycles. The van der Waals surface area contributed by atoms with E-state index >= 15 is 0 Å². The molecule has 1 unspecified atom stereocenters. The van der Waals surface area contributed by atoms with E-state index < -0.39 is 24.0 Å². The lowest BCUT2D eigenvalue weighted by Crippen LogP contribution is -2.35. The number of aryl methyl sites for hydroxylation is 1. The van der Waals surface area contributed by atoms with Gasteiger partial charge in [0.2, 0.25) is 0 Å². The van der Waals surface area contributed by atoms with Crippen molar-refractivity contribution in [1.82, 2.24) is 5.32 Å². The molecule has 5 nitrogen and oxygen atoms in total. The van der Waals surface area contributed by atoms with Crippen LogP contribution in [0.25, 0.3) is 0 Å². The maximum atomic E-state index is 12.8. The molecule has 0 aliphatic heterocycles. The molecule has 1 aromatic rings. The lowest BCUT2D eigenvalue weighted by Gasteiger charge is -2.17. The Kier molecular flexibility index (Phi) is 5.59. The van der Waals surface area contributed by atoms with Crippen LogP contribution in [0, 0.1) is 0 Å². The van der Waals surface area contributed by atoms with E-state index in [0.717, 1.165) is 35.5 Å². The third-order valence-corrected chi connectivity index (χ3v) is 5.71. The molecule has 27 heavy (non-hydrogen) atoms. The van der Waals surface area contributed by atoms with Gasteiger partial charge in [-0.1, -0.05) is 12.5 Å². The molecule has 0 spiro atoms. The van der Waals surface area contributed by atoms with Crippen LogP contribution >= 0.6 is 11.3 Å². The predicted molar refractivity (Wildman–Crippen MR) is 96.0 cm³/mol. The van der Waals surface area contributed by atoms with Crippen molar-refractivity contribution in [3.05, 3.63) is 40.0 Å². The molecule has 0 saturated carbocycles. The first-order chi connectivity index (χ1) is 12.8. The van der Waals surface area contributed by atoms with E-state index in [4.69, 9.17) is 0 Å². The SMILES string of the molecule is O=C(NC1C=C(O)C=CC1)c1c(NC(=O)C(F)(F)F)sc2c1CCCCC2. The van der Waals surface area contributed by atoms with Gasteiger partial charge in [0.05, 0.1) is 11.6 Å². The number of rotatable bonds is 3. The number of aliphatic hydroxyl groups excluding tert-OH is 1. The molecular weight excluding hydrogens is 381 g/mol. The minimum Gasteiger partial charge on any atom is -0.508 e. The number of hydrogen-bond donors (Lipinski definition) is 3. The lowest BCUT2D eigenvalue weighted by molar-refractivity contribution is -0.167. The molecule has 0 radical (unpaired) electrons. The van der Waals surface area contributed by atoms with Crippen LogP contribution in [0.4, 0.5) is 18.2 Å². The zero-order valence-corrected chi connectivity index (χ0v) is 15.2. The molecule has 0 fully saturated rings. The highest BCUT2D eigenvalue weighted by molar-refractivity contribution is 7.17. The highest BCUT2D eigenvalue weighted by Gasteiger charge is 2.40. The molecule has 3 N–H and O–H groups in total. The second kappa shape index (κ2) is 7.75. The van der Waals surface area contributed by atoms with Crippen molar-refractivity contribution in [2.24, 2.45) is 0 Å². The van der Waals surface area contributed by atoms with Crippen LogP contribution < -0.4 is 10.6 Å². The van der Waals surface area contributed by atoms with E-state index in [1.807, 2.05) is 5.32 Å². The molecular formula is C18H19F3N2O3S. The Morgan fingerprint density at radius 3 is 2.63 bits per heavy atom. The Balaban J connectivity index is 1.91. The van der Waals surface area contributed by atoms with Gasteiger partial charge in [0.15, 0.2) is 0 Å². The first-order valence-electron chi connectivity index (χ1n) is 8.66. The maximum Gasteiger partial charge on any atom is 0.471 e. The van der Waals surface area contributed by atoms with E-state index in [1.54, 1.807) is 6.08 Å². The molecule has 2 aliphatic carbocycles. The van der Waals surface area contributed by atoms with E-state index in [1.165, 1.54) is 12.2 Å². The quantitative estimate of drug-likeness (QED) is 0.671. The number of anilines is 1. The molecule has 0 bridgehead atoms. The molecule has 9 heteroatoms. The van der Waals surface area contributed by atoms with Gasteiger partial charge in [-0.3, -0.25) is 9.59 Å². The summed E-state index contributed by atoms with van der Waals surface area (Å²) in [6.45, 7) is 0. The highest BCUT2D eigenvalue weighted by Crippen LogP contribution is 2.38. The first-order valence-corrected chi connectivity index (χ1v) is 9.48. The Hall–Kier alpha value is -2.29. The molecule has 2 amide bonds. The van der Waals surface area contributed by atoms with Gasteiger partial charge in [-0.05, 0) is 49.8 Å². The largest absolute Gasteiger partial charge is 0.508 e. The smallest absolute Gasteiger partial charge is 0.471 e. The van der Waals surface area contributed by atoms with E-state index in [0.29, 0.717) is 24.8 Å². The average molecular weight is 400 g/mol. The molecule has 1 atom stereocenters. The normalized spacial score (nSPS) is 19.7. The number of alkyl halides is 3. The fraction of sp³-hybridized carbons (Fsp3) is 0.444. The maximum absolute atomic E-state index is 12.8. The highest BCUT2D eigenvalue weighted by atomic mass is 32.1. The van der Waals surface area contributed by atoms with Gasteiger partial charge >= 0.3 is 12.1 Å². The average Bonchev–Trinajstić information content (AvgIpc) is 2.75. The topological polar surface area (TPSA) is 78.4 Å². The Labute approximate surface area is 158 Å². The van der Waals surface area contributed by atoms with Crippen molar-refractivity contribution >= 4 is 28.2 Å². The van der Waals surface area contributed by atoms with Crippen molar-refractivity contribution < 1.29 is 27.9 Å². The fourth-order valence-corrected chi connectivity index (χ4v) is 4.53. The third kappa shape index (κ3) is 4.52. The monoisotopic (exact) mass is 400 g/mol. The number of allylic oxidation sites excluding steroid dienone is 1. The molecule has 2 aliphatic rings. The molecule has 0 saturated heterocycles. The van der Waals surface area contributed by atoms with Crippen molar-refractivity contribution in [1.29, 1.82) is 0 Å². The zero-order chi connectivity index (χ0) is 19.6. The van der Waals surface area contributed by atoms with E-state index in [9.17, 15) is 27.9 Å². The number of amides is 2. The Morgan fingerprint density at radius 1 is 1.19 bits per heavy atom. The van der Waals surface area contributed by atoms with Crippen LogP contribution in [-0.2, 0) is 17.6 Å².